The molecule has 1 heterocycles. The van der Waals surface area contributed by atoms with Crippen LogP contribution >= 0.6 is 31.9 Å². The van der Waals surface area contributed by atoms with E-state index in [2.05, 4.69) is 59.5 Å². The number of nitrogens with zero attached hydrogens (tertiary/aromatic N) is 2. The van der Waals surface area contributed by atoms with Gasteiger partial charge in [-0.05, 0) is 49.6 Å². The van der Waals surface area contributed by atoms with Crippen LogP contribution in [0.25, 0.3) is 0 Å². The summed E-state index contributed by atoms with van der Waals surface area (Å²) in [6, 6.07) is 6.19. The molecule has 0 amide bonds. The third-order valence-corrected chi connectivity index (χ3v) is 4.12. The Morgan fingerprint density at radius 2 is 2.12 bits per heavy atom. The Kier molecular flexibility index (Phi) is 4.70. The maximum atomic E-state index is 4.91. The molecular formula is C11H11Br2N3O. The molecular weight excluding hydrogens is 350 g/mol. The van der Waals surface area contributed by atoms with Crippen LogP contribution in [0.15, 0.2) is 38.0 Å². The van der Waals surface area contributed by atoms with E-state index in [9.17, 15) is 0 Å². The maximum absolute atomic E-state index is 4.91. The zero-order valence-electron chi connectivity index (χ0n) is 8.99. The largest absolute Gasteiger partial charge is 0.340 e. The predicted molar refractivity (Wildman–Crippen MR) is 71.6 cm³/mol. The average Bonchev–Trinajstić information content (AvgIpc) is 2.82. The van der Waals surface area contributed by atoms with E-state index in [4.69, 9.17) is 4.52 Å². The van der Waals surface area contributed by atoms with Crippen LogP contribution in [-0.4, -0.2) is 16.7 Å². The Hall–Kier alpha value is -0.720. The molecule has 0 saturated carbocycles. The molecule has 0 bridgehead atoms. The molecule has 90 valence electrons. The molecule has 0 saturated heterocycles. The van der Waals surface area contributed by atoms with Crippen molar-refractivity contribution in [3.8, 4) is 0 Å². The lowest BCUT2D eigenvalue weighted by molar-refractivity contribution is 0.375. The number of rotatable bonds is 5. The van der Waals surface area contributed by atoms with Gasteiger partial charge in [0.1, 0.15) is 0 Å². The maximum Gasteiger partial charge on any atom is 0.227 e. The highest BCUT2D eigenvalue weighted by Crippen LogP contribution is 2.23. The fourth-order valence-electron chi connectivity index (χ4n) is 1.38. The molecule has 0 aliphatic carbocycles. The molecule has 17 heavy (non-hydrogen) atoms. The molecule has 0 aliphatic rings. The summed E-state index contributed by atoms with van der Waals surface area (Å²) in [5.41, 5.74) is 1.23. The third-order valence-electron chi connectivity index (χ3n) is 2.24. The van der Waals surface area contributed by atoms with E-state index >= 15 is 0 Å². The second kappa shape index (κ2) is 6.28. The molecule has 2 rings (SSSR count). The lowest BCUT2D eigenvalue weighted by Gasteiger charge is -2.04. The van der Waals surface area contributed by atoms with Gasteiger partial charge in [-0.2, -0.15) is 4.98 Å². The first kappa shape index (κ1) is 12.7. The summed E-state index contributed by atoms with van der Waals surface area (Å²) in [5.74, 6) is 0.662. The lowest BCUT2D eigenvalue weighted by Crippen LogP contribution is -2.16. The molecule has 0 unspecified atom stereocenters. The molecule has 4 nitrogen and oxygen atoms in total. The Labute approximate surface area is 116 Å². The van der Waals surface area contributed by atoms with Crippen LogP contribution in [0.4, 0.5) is 0 Å². The molecule has 1 N–H and O–H groups in total. The topological polar surface area (TPSA) is 51.0 Å². The van der Waals surface area contributed by atoms with Gasteiger partial charge in [0.25, 0.3) is 0 Å². The highest BCUT2D eigenvalue weighted by atomic mass is 79.9. The van der Waals surface area contributed by atoms with Crippen molar-refractivity contribution in [3.05, 3.63) is 44.9 Å². The van der Waals surface area contributed by atoms with E-state index in [0.717, 1.165) is 28.5 Å². The minimum atomic E-state index is 0.662. The number of nitrogens with one attached hydrogen (secondary N) is 1. The van der Waals surface area contributed by atoms with Gasteiger partial charge in [0.2, 0.25) is 5.89 Å². The highest BCUT2D eigenvalue weighted by Gasteiger charge is 2.00. The summed E-state index contributed by atoms with van der Waals surface area (Å²) in [7, 11) is 0. The predicted octanol–water partition coefficient (Wildman–Crippen LogP) is 2.93. The number of hydrogen-bond donors (Lipinski definition) is 1. The summed E-state index contributed by atoms with van der Waals surface area (Å²) < 4.78 is 7.03. The van der Waals surface area contributed by atoms with Crippen molar-refractivity contribution >= 4 is 31.9 Å². The smallest absolute Gasteiger partial charge is 0.227 e. The van der Waals surface area contributed by atoms with Crippen LogP contribution in [0.2, 0.25) is 0 Å². The summed E-state index contributed by atoms with van der Waals surface area (Å²) in [5, 5.41) is 6.88. The minimum absolute atomic E-state index is 0.662. The minimum Gasteiger partial charge on any atom is -0.340 e. The van der Waals surface area contributed by atoms with Crippen molar-refractivity contribution in [3.63, 3.8) is 0 Å². The van der Waals surface area contributed by atoms with Crippen LogP contribution in [0.3, 0.4) is 0 Å². The molecule has 0 aliphatic heterocycles. The van der Waals surface area contributed by atoms with Gasteiger partial charge in [-0.25, -0.2) is 0 Å². The average molecular weight is 361 g/mol. The van der Waals surface area contributed by atoms with Crippen LogP contribution in [-0.2, 0) is 13.0 Å². The van der Waals surface area contributed by atoms with Gasteiger partial charge >= 0.3 is 0 Å². The standard InChI is InChI=1S/C11H11Br2N3O/c12-9-2-1-8(5-10(9)13)6-14-4-3-11-15-7-16-17-11/h1-2,5,7,14H,3-4,6H2. The van der Waals surface area contributed by atoms with Crippen molar-refractivity contribution in [1.82, 2.24) is 15.5 Å². The monoisotopic (exact) mass is 359 g/mol. The molecule has 1 aromatic heterocycles. The van der Waals surface area contributed by atoms with Gasteiger partial charge in [0.15, 0.2) is 6.33 Å². The van der Waals surface area contributed by atoms with Crippen LogP contribution in [0.1, 0.15) is 11.5 Å². The second-order valence-electron chi connectivity index (χ2n) is 3.51. The van der Waals surface area contributed by atoms with E-state index in [1.807, 2.05) is 6.07 Å². The highest BCUT2D eigenvalue weighted by molar-refractivity contribution is 9.13. The van der Waals surface area contributed by atoms with Crippen LogP contribution < -0.4 is 5.32 Å². The molecule has 1 aromatic carbocycles. The first-order valence-electron chi connectivity index (χ1n) is 5.16. The third kappa shape index (κ3) is 3.90. The number of benzene rings is 1. The normalized spacial score (nSPS) is 10.7. The van der Waals surface area contributed by atoms with Crippen molar-refractivity contribution < 1.29 is 4.52 Å². The van der Waals surface area contributed by atoms with Gasteiger partial charge < -0.3 is 9.84 Å². The molecule has 6 heteroatoms. The number of aromatic nitrogens is 2. The fraction of sp³-hybridized carbons (Fsp3) is 0.273. The van der Waals surface area contributed by atoms with Gasteiger partial charge in [0.05, 0.1) is 0 Å². The first-order valence-corrected chi connectivity index (χ1v) is 6.74. The summed E-state index contributed by atoms with van der Waals surface area (Å²) in [6.07, 6.45) is 2.17. The zero-order chi connectivity index (χ0) is 12.1. The van der Waals surface area contributed by atoms with Crippen molar-refractivity contribution in [2.24, 2.45) is 0 Å². The van der Waals surface area contributed by atoms with E-state index in [0.29, 0.717) is 5.89 Å². The number of hydrogen-bond acceptors (Lipinski definition) is 4. The Morgan fingerprint density at radius 3 is 2.82 bits per heavy atom. The van der Waals surface area contributed by atoms with Crippen LogP contribution in [0.5, 0.6) is 0 Å². The molecule has 0 spiro atoms. The van der Waals surface area contributed by atoms with Gasteiger partial charge in [-0.3, -0.25) is 0 Å². The van der Waals surface area contributed by atoms with E-state index < -0.39 is 0 Å². The van der Waals surface area contributed by atoms with Gasteiger partial charge in [-0.15, -0.1) is 0 Å². The Balaban J connectivity index is 1.76. The first-order chi connectivity index (χ1) is 8.25. The SMILES string of the molecule is Brc1ccc(CNCCc2ncno2)cc1Br. The molecule has 2 aromatic rings. The molecule has 0 radical (unpaired) electrons. The second-order valence-corrected chi connectivity index (χ2v) is 5.22. The summed E-state index contributed by atoms with van der Waals surface area (Å²) in [6.45, 7) is 1.63. The van der Waals surface area contributed by atoms with E-state index in [1.54, 1.807) is 0 Å². The quantitative estimate of drug-likeness (QED) is 0.833. The van der Waals surface area contributed by atoms with Crippen molar-refractivity contribution in [1.29, 1.82) is 0 Å². The van der Waals surface area contributed by atoms with E-state index in [-0.39, 0.29) is 0 Å². The van der Waals surface area contributed by atoms with Crippen molar-refractivity contribution in [2.45, 2.75) is 13.0 Å². The lowest BCUT2D eigenvalue weighted by atomic mass is 10.2. The van der Waals surface area contributed by atoms with Crippen molar-refractivity contribution in [2.75, 3.05) is 6.54 Å². The Bertz CT molecular complexity index is 474. The zero-order valence-corrected chi connectivity index (χ0v) is 12.2. The van der Waals surface area contributed by atoms with E-state index in [1.165, 1.54) is 11.9 Å². The summed E-state index contributed by atoms with van der Waals surface area (Å²) in [4.78, 5) is 3.96. The van der Waals surface area contributed by atoms with Crippen LogP contribution in [0, 0.1) is 0 Å². The molecule has 0 fully saturated rings. The number of halogens is 2. The summed E-state index contributed by atoms with van der Waals surface area (Å²) >= 11 is 6.92. The Morgan fingerprint density at radius 1 is 1.24 bits per heavy atom. The van der Waals surface area contributed by atoms with Gasteiger partial charge in [-0.1, -0.05) is 11.2 Å². The van der Waals surface area contributed by atoms with Gasteiger partial charge in [0, 0.05) is 28.5 Å². The fourth-order valence-corrected chi connectivity index (χ4v) is 2.06. The molecule has 0 atom stereocenters.